The van der Waals surface area contributed by atoms with Crippen molar-refractivity contribution < 1.29 is 14.3 Å². The smallest absolute Gasteiger partial charge is 0.247 e. The highest BCUT2D eigenvalue weighted by atomic mass is 16.5. The van der Waals surface area contributed by atoms with Gasteiger partial charge in [-0.1, -0.05) is 42.5 Å². The van der Waals surface area contributed by atoms with Gasteiger partial charge in [0.25, 0.3) is 0 Å². The molecule has 0 bridgehead atoms. The van der Waals surface area contributed by atoms with Gasteiger partial charge in [-0.05, 0) is 30.2 Å². The average molecular weight is 338 g/mol. The number of ether oxygens (including phenoxy) is 1. The normalized spacial score (nSPS) is 17.1. The number of benzene rings is 2. The minimum absolute atomic E-state index is 0.0703. The fourth-order valence-corrected chi connectivity index (χ4v) is 3.05. The third kappa shape index (κ3) is 3.99. The van der Waals surface area contributed by atoms with E-state index in [0.29, 0.717) is 19.7 Å². The van der Waals surface area contributed by atoms with Gasteiger partial charge >= 0.3 is 0 Å². The number of hydrogen-bond donors (Lipinski definition) is 1. The third-order valence-corrected chi connectivity index (χ3v) is 4.34. The molecule has 1 aliphatic rings. The molecule has 1 N–H and O–H groups in total. The minimum Gasteiger partial charge on any atom is -0.493 e. The number of hydrogen-bond acceptors (Lipinski definition) is 3. The van der Waals surface area contributed by atoms with E-state index in [2.05, 4.69) is 5.32 Å². The highest BCUT2D eigenvalue weighted by molar-refractivity contribution is 5.90. The monoisotopic (exact) mass is 338 g/mol. The van der Waals surface area contributed by atoms with E-state index in [1.54, 1.807) is 4.90 Å². The average Bonchev–Trinajstić information content (AvgIpc) is 2.63. The molecule has 1 aliphatic heterocycles. The first-order valence-corrected chi connectivity index (χ1v) is 8.47. The summed E-state index contributed by atoms with van der Waals surface area (Å²) in [4.78, 5) is 26.8. The van der Waals surface area contributed by atoms with E-state index in [1.807, 2.05) is 61.5 Å². The van der Waals surface area contributed by atoms with Crippen molar-refractivity contribution in [3.8, 4) is 5.75 Å². The maximum atomic E-state index is 12.7. The Balaban J connectivity index is 1.69. The first kappa shape index (κ1) is 17.0. The molecule has 0 aliphatic carbocycles. The Morgan fingerprint density at radius 2 is 1.88 bits per heavy atom. The number of carbonyl (C=O) groups is 2. The molecule has 3 rings (SSSR count). The van der Waals surface area contributed by atoms with Crippen LogP contribution < -0.4 is 10.1 Å². The summed E-state index contributed by atoms with van der Waals surface area (Å²) in [6, 6.07) is 16.5. The van der Waals surface area contributed by atoms with Crippen LogP contribution in [0.3, 0.4) is 0 Å². The molecule has 5 heteroatoms. The number of nitrogens with zero attached hydrogens (tertiary/aromatic N) is 1. The highest BCUT2D eigenvalue weighted by Crippen LogP contribution is 2.26. The van der Waals surface area contributed by atoms with E-state index in [0.717, 1.165) is 16.9 Å². The van der Waals surface area contributed by atoms with Crippen LogP contribution in [0.4, 0.5) is 0 Å². The highest BCUT2D eigenvalue weighted by Gasteiger charge is 2.34. The molecule has 0 saturated carbocycles. The summed E-state index contributed by atoms with van der Waals surface area (Å²) >= 11 is 0. The largest absolute Gasteiger partial charge is 0.493 e. The second-order valence-corrected chi connectivity index (χ2v) is 6.05. The number of carbonyl (C=O) groups excluding carboxylic acids is 2. The van der Waals surface area contributed by atoms with E-state index in [9.17, 15) is 9.59 Å². The van der Waals surface area contributed by atoms with Crippen molar-refractivity contribution in [1.82, 2.24) is 10.2 Å². The second kappa shape index (κ2) is 7.83. The van der Waals surface area contributed by atoms with E-state index in [1.165, 1.54) is 0 Å². The summed E-state index contributed by atoms with van der Waals surface area (Å²) in [7, 11) is 0. The van der Waals surface area contributed by atoms with Gasteiger partial charge in [-0.2, -0.15) is 0 Å². The van der Waals surface area contributed by atoms with Crippen LogP contribution in [0.5, 0.6) is 5.75 Å². The lowest BCUT2D eigenvalue weighted by atomic mass is 9.97. The van der Waals surface area contributed by atoms with Crippen molar-refractivity contribution in [3.05, 3.63) is 65.7 Å². The van der Waals surface area contributed by atoms with Crippen molar-refractivity contribution in [2.75, 3.05) is 19.7 Å². The summed E-state index contributed by atoms with van der Waals surface area (Å²) in [6.07, 6.45) is 0.241. The van der Waals surface area contributed by atoms with E-state index < -0.39 is 6.04 Å². The van der Waals surface area contributed by atoms with Crippen molar-refractivity contribution in [2.24, 2.45) is 0 Å². The molecule has 1 fully saturated rings. The Morgan fingerprint density at radius 3 is 2.64 bits per heavy atom. The van der Waals surface area contributed by atoms with Crippen molar-refractivity contribution >= 4 is 11.8 Å². The maximum Gasteiger partial charge on any atom is 0.247 e. The molecular weight excluding hydrogens is 316 g/mol. The summed E-state index contributed by atoms with van der Waals surface area (Å²) in [6.45, 7) is 3.24. The van der Waals surface area contributed by atoms with Gasteiger partial charge in [-0.3, -0.25) is 9.59 Å². The first-order chi connectivity index (χ1) is 12.2. The molecule has 25 heavy (non-hydrogen) atoms. The van der Waals surface area contributed by atoms with Gasteiger partial charge in [0, 0.05) is 13.1 Å². The Labute approximate surface area is 147 Å². The van der Waals surface area contributed by atoms with Crippen LogP contribution in [-0.4, -0.2) is 36.4 Å². The van der Waals surface area contributed by atoms with Gasteiger partial charge in [-0.15, -0.1) is 0 Å². The second-order valence-electron chi connectivity index (χ2n) is 6.05. The number of piperazine rings is 1. The standard InChI is InChI=1S/C20H22N2O3/c1-15-7-5-6-10-17(15)19-20(24)21-12-13-22(19)18(23)11-14-25-16-8-3-2-4-9-16/h2-10,19H,11-14H2,1H3,(H,21,24). The third-order valence-electron chi connectivity index (χ3n) is 4.34. The Kier molecular flexibility index (Phi) is 5.33. The quantitative estimate of drug-likeness (QED) is 0.911. The predicted molar refractivity (Wildman–Crippen MR) is 95.2 cm³/mol. The Bertz CT molecular complexity index is 746. The molecule has 5 nitrogen and oxygen atoms in total. The lowest BCUT2D eigenvalue weighted by Crippen LogP contribution is -2.52. The molecule has 0 spiro atoms. The van der Waals surface area contributed by atoms with Gasteiger partial charge in [0.1, 0.15) is 11.8 Å². The summed E-state index contributed by atoms with van der Waals surface area (Å²) in [5, 5.41) is 2.86. The van der Waals surface area contributed by atoms with Crippen LogP contribution >= 0.6 is 0 Å². The molecule has 2 aromatic rings. The molecular formula is C20H22N2O3. The molecule has 2 amide bonds. The number of amides is 2. The molecule has 1 atom stereocenters. The van der Waals surface area contributed by atoms with Crippen LogP contribution in [0.15, 0.2) is 54.6 Å². The van der Waals surface area contributed by atoms with E-state index in [-0.39, 0.29) is 18.2 Å². The fraction of sp³-hybridized carbons (Fsp3) is 0.300. The number of aryl methyl sites for hydroxylation is 1. The topological polar surface area (TPSA) is 58.6 Å². The summed E-state index contributed by atoms with van der Waals surface area (Å²) < 4.78 is 5.61. The summed E-state index contributed by atoms with van der Waals surface area (Å²) in [5.41, 5.74) is 1.87. The van der Waals surface area contributed by atoms with Gasteiger partial charge in [-0.25, -0.2) is 0 Å². The summed E-state index contributed by atoms with van der Waals surface area (Å²) in [5.74, 6) is 0.541. The lowest BCUT2D eigenvalue weighted by molar-refractivity contribution is -0.144. The number of nitrogens with one attached hydrogen (secondary N) is 1. The molecule has 2 aromatic carbocycles. The van der Waals surface area contributed by atoms with E-state index in [4.69, 9.17) is 4.74 Å². The molecule has 0 radical (unpaired) electrons. The van der Waals surface area contributed by atoms with Crippen molar-refractivity contribution in [2.45, 2.75) is 19.4 Å². The zero-order valence-electron chi connectivity index (χ0n) is 14.3. The molecule has 1 unspecified atom stereocenters. The number of rotatable bonds is 5. The zero-order valence-corrected chi connectivity index (χ0v) is 14.3. The van der Waals surface area contributed by atoms with Crippen LogP contribution in [0.25, 0.3) is 0 Å². The molecule has 130 valence electrons. The van der Waals surface area contributed by atoms with Crippen LogP contribution in [0, 0.1) is 6.92 Å². The SMILES string of the molecule is Cc1ccccc1C1C(=O)NCCN1C(=O)CCOc1ccccc1. The van der Waals surface area contributed by atoms with Gasteiger partial charge in [0.15, 0.2) is 0 Å². The predicted octanol–water partition coefficient (Wildman–Crippen LogP) is 2.46. The van der Waals surface area contributed by atoms with E-state index >= 15 is 0 Å². The first-order valence-electron chi connectivity index (χ1n) is 8.47. The van der Waals surface area contributed by atoms with Crippen molar-refractivity contribution in [3.63, 3.8) is 0 Å². The Hall–Kier alpha value is -2.82. The lowest BCUT2D eigenvalue weighted by Gasteiger charge is -2.36. The molecule has 0 aromatic heterocycles. The zero-order chi connectivity index (χ0) is 17.6. The van der Waals surface area contributed by atoms with Gasteiger partial charge in [0.2, 0.25) is 11.8 Å². The Morgan fingerprint density at radius 1 is 1.16 bits per heavy atom. The van der Waals surface area contributed by atoms with Crippen molar-refractivity contribution in [1.29, 1.82) is 0 Å². The van der Waals surface area contributed by atoms with Crippen LogP contribution in [-0.2, 0) is 9.59 Å². The molecule has 1 saturated heterocycles. The van der Waals surface area contributed by atoms with Gasteiger partial charge < -0.3 is 15.0 Å². The number of para-hydroxylation sites is 1. The van der Waals surface area contributed by atoms with Crippen LogP contribution in [0.2, 0.25) is 0 Å². The van der Waals surface area contributed by atoms with Gasteiger partial charge in [0.05, 0.1) is 13.0 Å². The fourth-order valence-electron chi connectivity index (χ4n) is 3.05. The van der Waals surface area contributed by atoms with Crippen LogP contribution in [0.1, 0.15) is 23.6 Å². The molecule has 1 heterocycles. The maximum absolute atomic E-state index is 12.7. The minimum atomic E-state index is -0.570.